The molecule has 5 heteroatoms. The maximum absolute atomic E-state index is 13.3. The molecule has 0 saturated heterocycles. The lowest BCUT2D eigenvalue weighted by Crippen LogP contribution is -2.27. The zero-order valence-corrected chi connectivity index (χ0v) is 16.1. The first-order valence-corrected chi connectivity index (χ1v) is 9.05. The van der Waals surface area contributed by atoms with Gasteiger partial charge in [0.2, 0.25) is 0 Å². The summed E-state index contributed by atoms with van der Waals surface area (Å²) in [5, 5.41) is 3.50. The number of ether oxygens (including phenoxy) is 1. The van der Waals surface area contributed by atoms with Gasteiger partial charge >= 0.3 is 0 Å². The number of hydrogen-bond donors (Lipinski definition) is 1. The van der Waals surface area contributed by atoms with Crippen molar-refractivity contribution >= 4 is 18.2 Å². The Morgan fingerprint density at radius 3 is 2.18 bits per heavy atom. The molecule has 0 radical (unpaired) electrons. The normalized spacial score (nSPS) is 18.1. The number of benzene rings is 3. The van der Waals surface area contributed by atoms with E-state index in [1.807, 2.05) is 42.5 Å². The molecule has 1 aliphatic rings. The zero-order valence-electron chi connectivity index (χ0n) is 15.3. The van der Waals surface area contributed by atoms with Gasteiger partial charge in [-0.1, -0.05) is 72.8 Å². The summed E-state index contributed by atoms with van der Waals surface area (Å²) in [6.07, 6.45) is 0. The second-order valence-electron chi connectivity index (χ2n) is 6.59. The summed E-state index contributed by atoms with van der Waals surface area (Å²) in [7, 11) is 0. The number of amidine groups is 1. The molecule has 2 atom stereocenters. The highest BCUT2D eigenvalue weighted by Gasteiger charge is 2.30. The molecule has 0 fully saturated rings. The van der Waals surface area contributed by atoms with Crippen LogP contribution >= 0.6 is 12.4 Å². The van der Waals surface area contributed by atoms with Crippen LogP contribution in [0, 0.1) is 5.82 Å². The van der Waals surface area contributed by atoms with E-state index in [-0.39, 0.29) is 30.3 Å². The van der Waals surface area contributed by atoms with Crippen LogP contribution in [0.1, 0.15) is 28.8 Å². The van der Waals surface area contributed by atoms with E-state index in [0.29, 0.717) is 13.2 Å². The van der Waals surface area contributed by atoms with Crippen LogP contribution < -0.4 is 5.32 Å². The third-order valence-electron chi connectivity index (χ3n) is 4.63. The summed E-state index contributed by atoms with van der Waals surface area (Å²) in [5.41, 5.74) is 3.17. The molecular formula is C23H22ClFN2O. The Bertz CT molecular complexity index is 918. The van der Waals surface area contributed by atoms with Gasteiger partial charge in [-0.05, 0) is 28.8 Å². The fourth-order valence-electron chi connectivity index (χ4n) is 3.35. The van der Waals surface area contributed by atoms with Crippen LogP contribution in [0.25, 0.3) is 0 Å². The molecule has 0 aliphatic carbocycles. The number of rotatable bonds is 6. The van der Waals surface area contributed by atoms with E-state index in [9.17, 15) is 4.39 Å². The summed E-state index contributed by atoms with van der Waals surface area (Å²) in [6, 6.07) is 27.1. The number of aliphatic imine (C=N–C) groups is 1. The van der Waals surface area contributed by atoms with E-state index >= 15 is 0 Å². The highest BCUT2D eigenvalue weighted by molar-refractivity contribution is 5.86. The van der Waals surface area contributed by atoms with Crippen LogP contribution in [0.2, 0.25) is 0 Å². The fourth-order valence-corrected chi connectivity index (χ4v) is 3.35. The van der Waals surface area contributed by atoms with Gasteiger partial charge in [-0.2, -0.15) is 0 Å². The molecule has 1 heterocycles. The Morgan fingerprint density at radius 1 is 0.821 bits per heavy atom. The van der Waals surface area contributed by atoms with Crippen molar-refractivity contribution in [2.75, 3.05) is 6.61 Å². The third kappa shape index (κ3) is 4.77. The summed E-state index contributed by atoms with van der Waals surface area (Å²) < 4.78 is 19.0. The van der Waals surface area contributed by atoms with E-state index in [1.165, 1.54) is 23.3 Å². The van der Waals surface area contributed by atoms with Gasteiger partial charge in [-0.25, -0.2) is 4.39 Å². The van der Waals surface area contributed by atoms with Gasteiger partial charge in [0.1, 0.15) is 24.3 Å². The SMILES string of the molecule is Cl.Fc1cccc(COCC2=NC(c3ccccc3)C(c3ccccc3)N2)c1. The van der Waals surface area contributed by atoms with Crippen LogP contribution in [-0.4, -0.2) is 12.4 Å². The molecule has 28 heavy (non-hydrogen) atoms. The predicted octanol–water partition coefficient (Wildman–Crippen LogP) is 5.25. The summed E-state index contributed by atoms with van der Waals surface area (Å²) in [6.45, 7) is 0.716. The molecule has 0 saturated carbocycles. The lowest BCUT2D eigenvalue weighted by Gasteiger charge is -2.19. The average Bonchev–Trinajstić information content (AvgIpc) is 3.14. The minimum absolute atomic E-state index is 0. The smallest absolute Gasteiger partial charge is 0.124 e. The first-order chi connectivity index (χ1) is 13.3. The lowest BCUT2D eigenvalue weighted by atomic mass is 9.95. The van der Waals surface area contributed by atoms with Crippen molar-refractivity contribution < 1.29 is 9.13 Å². The van der Waals surface area contributed by atoms with Gasteiger partial charge in [0.15, 0.2) is 0 Å². The van der Waals surface area contributed by atoms with Crippen molar-refractivity contribution in [3.63, 3.8) is 0 Å². The Morgan fingerprint density at radius 2 is 1.50 bits per heavy atom. The quantitative estimate of drug-likeness (QED) is 0.617. The third-order valence-corrected chi connectivity index (χ3v) is 4.63. The van der Waals surface area contributed by atoms with Crippen molar-refractivity contribution in [2.45, 2.75) is 18.7 Å². The molecular weight excluding hydrogens is 375 g/mol. The second kappa shape index (κ2) is 9.49. The van der Waals surface area contributed by atoms with Crippen LogP contribution in [0.3, 0.4) is 0 Å². The Balaban J connectivity index is 0.00000225. The van der Waals surface area contributed by atoms with Crippen LogP contribution in [-0.2, 0) is 11.3 Å². The topological polar surface area (TPSA) is 33.6 Å². The van der Waals surface area contributed by atoms with E-state index in [2.05, 4.69) is 29.6 Å². The van der Waals surface area contributed by atoms with Crippen LogP contribution in [0.5, 0.6) is 0 Å². The highest BCUT2D eigenvalue weighted by atomic mass is 35.5. The van der Waals surface area contributed by atoms with Gasteiger partial charge in [-0.3, -0.25) is 4.99 Å². The summed E-state index contributed by atoms with van der Waals surface area (Å²) in [5.74, 6) is 0.565. The lowest BCUT2D eigenvalue weighted by molar-refractivity contribution is 0.156. The predicted molar refractivity (Wildman–Crippen MR) is 112 cm³/mol. The van der Waals surface area contributed by atoms with Crippen LogP contribution in [0.15, 0.2) is 89.9 Å². The average molecular weight is 397 g/mol. The second-order valence-corrected chi connectivity index (χ2v) is 6.59. The standard InChI is InChI=1S/C23H21FN2O.ClH/c24-20-13-7-8-17(14-20)15-27-16-21-25-22(18-9-3-1-4-10-18)23(26-21)19-11-5-2-6-12-19;/h1-14,22-23H,15-16H2,(H,25,26);1H. The molecule has 3 aromatic carbocycles. The maximum Gasteiger partial charge on any atom is 0.124 e. The zero-order chi connectivity index (χ0) is 18.5. The molecule has 2 unspecified atom stereocenters. The fraction of sp³-hybridized carbons (Fsp3) is 0.174. The van der Waals surface area contributed by atoms with Gasteiger partial charge < -0.3 is 10.1 Å². The number of halogens is 2. The van der Waals surface area contributed by atoms with Gasteiger partial charge in [0.25, 0.3) is 0 Å². The first kappa shape index (κ1) is 20.1. The molecule has 4 rings (SSSR count). The number of nitrogens with zero attached hydrogens (tertiary/aromatic N) is 1. The number of hydrogen-bond acceptors (Lipinski definition) is 3. The molecule has 3 aromatic rings. The molecule has 0 amide bonds. The number of nitrogens with one attached hydrogen (secondary N) is 1. The van der Waals surface area contributed by atoms with Crippen LogP contribution in [0.4, 0.5) is 4.39 Å². The molecule has 3 nitrogen and oxygen atoms in total. The molecule has 1 aliphatic heterocycles. The minimum atomic E-state index is -0.249. The molecule has 0 spiro atoms. The molecule has 1 N–H and O–H groups in total. The van der Waals surface area contributed by atoms with Crippen molar-refractivity contribution in [3.05, 3.63) is 107 Å². The minimum Gasteiger partial charge on any atom is -0.369 e. The maximum atomic E-state index is 13.3. The molecule has 0 aromatic heterocycles. The summed E-state index contributed by atoms with van der Waals surface area (Å²) >= 11 is 0. The largest absolute Gasteiger partial charge is 0.369 e. The van der Waals surface area contributed by atoms with Gasteiger partial charge in [-0.15, -0.1) is 12.4 Å². The summed E-state index contributed by atoms with van der Waals surface area (Å²) in [4.78, 5) is 4.87. The van der Waals surface area contributed by atoms with Gasteiger partial charge in [0.05, 0.1) is 12.6 Å². The Kier molecular flexibility index (Phi) is 6.80. The van der Waals surface area contributed by atoms with E-state index in [1.54, 1.807) is 6.07 Å². The van der Waals surface area contributed by atoms with E-state index in [0.717, 1.165) is 11.4 Å². The first-order valence-electron chi connectivity index (χ1n) is 9.05. The molecule has 144 valence electrons. The highest BCUT2D eigenvalue weighted by Crippen LogP contribution is 2.35. The Labute approximate surface area is 170 Å². The van der Waals surface area contributed by atoms with E-state index in [4.69, 9.17) is 9.73 Å². The molecule has 0 bridgehead atoms. The van der Waals surface area contributed by atoms with Crippen molar-refractivity contribution in [2.24, 2.45) is 4.99 Å². The Hall–Kier alpha value is -2.69. The van der Waals surface area contributed by atoms with Crippen molar-refractivity contribution in [1.82, 2.24) is 5.32 Å². The van der Waals surface area contributed by atoms with Crippen molar-refractivity contribution in [1.29, 1.82) is 0 Å². The van der Waals surface area contributed by atoms with Gasteiger partial charge in [0, 0.05) is 0 Å². The monoisotopic (exact) mass is 396 g/mol. The van der Waals surface area contributed by atoms with E-state index < -0.39 is 0 Å². The van der Waals surface area contributed by atoms with Crippen molar-refractivity contribution in [3.8, 4) is 0 Å².